The lowest BCUT2D eigenvalue weighted by atomic mass is 9.57. The maximum absolute atomic E-state index is 14.3. The molecular weight excluding hydrogens is 362 g/mol. The maximum Gasteiger partial charge on any atom is 0.129 e. The third kappa shape index (κ3) is 3.57. The molecule has 0 heterocycles. The van der Waals surface area contributed by atoms with Crippen molar-refractivity contribution in [3.05, 3.63) is 82.4 Å². The highest BCUT2D eigenvalue weighted by molar-refractivity contribution is 6.30. The Balaban J connectivity index is 1.73. The quantitative estimate of drug-likeness (QED) is 0.479. The molecule has 0 spiro atoms. The molecule has 1 fully saturated rings. The SMILES string of the molecule is C=CCCC1CCC2c3cc(F)cc(F)c3CCC2C1c1ccc(Cl)cc1. The summed E-state index contributed by atoms with van der Waals surface area (Å²) in [7, 11) is 0. The van der Waals surface area contributed by atoms with Crippen LogP contribution in [0.25, 0.3) is 0 Å². The molecule has 0 amide bonds. The third-order valence-electron chi connectivity index (χ3n) is 6.65. The van der Waals surface area contributed by atoms with E-state index in [2.05, 4.69) is 18.7 Å². The molecule has 1 saturated carbocycles. The Labute approximate surface area is 165 Å². The van der Waals surface area contributed by atoms with E-state index in [1.165, 1.54) is 5.56 Å². The van der Waals surface area contributed by atoms with Gasteiger partial charge in [0.2, 0.25) is 0 Å². The Hall–Kier alpha value is -1.67. The Bertz CT molecular complexity index is 827. The van der Waals surface area contributed by atoms with Gasteiger partial charge in [0.1, 0.15) is 11.6 Å². The van der Waals surface area contributed by atoms with Crippen molar-refractivity contribution in [1.29, 1.82) is 0 Å². The Kier molecular flexibility index (Phi) is 5.36. The Morgan fingerprint density at radius 3 is 2.59 bits per heavy atom. The van der Waals surface area contributed by atoms with Crippen molar-refractivity contribution < 1.29 is 8.78 Å². The standard InChI is InChI=1S/C24H25ClF2/c1-2-3-4-15-7-10-19-21(24(15)16-5-8-17(25)9-6-16)12-11-20-22(19)13-18(26)14-23(20)27/h2,5-6,8-9,13-15,19,21,24H,1,3-4,7,10-12H2. The van der Waals surface area contributed by atoms with Crippen molar-refractivity contribution in [2.45, 2.75) is 50.4 Å². The third-order valence-corrected chi connectivity index (χ3v) is 6.90. The number of rotatable bonds is 4. The number of halogens is 3. The van der Waals surface area contributed by atoms with Crippen molar-refractivity contribution in [2.75, 3.05) is 0 Å². The van der Waals surface area contributed by atoms with Gasteiger partial charge in [-0.15, -0.1) is 6.58 Å². The van der Waals surface area contributed by atoms with Crippen molar-refractivity contribution in [2.24, 2.45) is 11.8 Å². The molecule has 0 N–H and O–H groups in total. The minimum absolute atomic E-state index is 0.236. The van der Waals surface area contributed by atoms with E-state index in [1.54, 1.807) is 6.07 Å². The molecule has 0 aliphatic heterocycles. The highest BCUT2D eigenvalue weighted by Gasteiger charge is 2.43. The molecule has 0 nitrogen and oxygen atoms in total. The van der Waals surface area contributed by atoms with Crippen LogP contribution in [0.3, 0.4) is 0 Å². The number of fused-ring (bicyclic) bond motifs is 3. The van der Waals surface area contributed by atoms with E-state index >= 15 is 0 Å². The molecule has 4 unspecified atom stereocenters. The monoisotopic (exact) mass is 386 g/mol. The van der Waals surface area contributed by atoms with E-state index < -0.39 is 5.82 Å². The number of benzene rings is 2. The molecular formula is C24H25ClF2. The summed E-state index contributed by atoms with van der Waals surface area (Å²) in [4.78, 5) is 0. The lowest BCUT2D eigenvalue weighted by Gasteiger charge is -2.47. The van der Waals surface area contributed by atoms with Crippen LogP contribution < -0.4 is 0 Å². The molecule has 0 saturated heterocycles. The summed E-state index contributed by atoms with van der Waals surface area (Å²) < 4.78 is 28.3. The number of hydrogen-bond donors (Lipinski definition) is 0. The average Bonchev–Trinajstić information content (AvgIpc) is 2.66. The van der Waals surface area contributed by atoms with Crippen LogP contribution in [0.5, 0.6) is 0 Å². The van der Waals surface area contributed by atoms with Crippen molar-refractivity contribution >= 4 is 11.6 Å². The number of allylic oxidation sites excluding steroid dienone is 1. The summed E-state index contributed by atoms with van der Waals surface area (Å²) in [5, 5.41) is 0.742. The van der Waals surface area contributed by atoms with Crippen LogP contribution in [0.1, 0.15) is 60.6 Å². The Morgan fingerprint density at radius 1 is 1.07 bits per heavy atom. The zero-order valence-corrected chi connectivity index (χ0v) is 16.2. The molecule has 2 aliphatic carbocycles. The number of hydrogen-bond acceptors (Lipinski definition) is 0. The van der Waals surface area contributed by atoms with Crippen molar-refractivity contribution in [3.63, 3.8) is 0 Å². The van der Waals surface area contributed by atoms with Gasteiger partial charge in [-0.3, -0.25) is 0 Å². The lowest BCUT2D eigenvalue weighted by Crippen LogP contribution is -2.35. The fraction of sp³-hybridized carbons (Fsp3) is 0.417. The summed E-state index contributed by atoms with van der Waals surface area (Å²) in [6.07, 6.45) is 7.85. The molecule has 4 rings (SSSR count). The average molecular weight is 387 g/mol. The summed E-state index contributed by atoms with van der Waals surface area (Å²) in [6, 6.07) is 10.8. The molecule has 2 aromatic rings. The summed E-state index contributed by atoms with van der Waals surface area (Å²) >= 11 is 6.11. The summed E-state index contributed by atoms with van der Waals surface area (Å²) in [5.74, 6) is 0.804. The topological polar surface area (TPSA) is 0 Å². The second-order valence-electron chi connectivity index (χ2n) is 8.05. The maximum atomic E-state index is 14.3. The van der Waals surface area contributed by atoms with Crippen molar-refractivity contribution in [3.8, 4) is 0 Å². The largest absolute Gasteiger partial charge is 0.207 e. The molecule has 2 aliphatic rings. The second-order valence-corrected chi connectivity index (χ2v) is 8.48. The van der Waals surface area contributed by atoms with Gasteiger partial charge in [0, 0.05) is 11.1 Å². The predicted octanol–water partition coefficient (Wildman–Crippen LogP) is 7.42. The lowest BCUT2D eigenvalue weighted by molar-refractivity contribution is 0.161. The van der Waals surface area contributed by atoms with Crippen LogP contribution in [0.2, 0.25) is 5.02 Å². The molecule has 142 valence electrons. The molecule has 0 radical (unpaired) electrons. The van der Waals surface area contributed by atoms with E-state index in [-0.39, 0.29) is 11.7 Å². The molecule has 4 atom stereocenters. The summed E-state index contributed by atoms with van der Waals surface area (Å²) in [5.41, 5.74) is 2.95. The fourth-order valence-electron chi connectivity index (χ4n) is 5.54. The van der Waals surface area contributed by atoms with Crippen LogP contribution >= 0.6 is 11.6 Å². The van der Waals surface area contributed by atoms with Gasteiger partial charge in [-0.1, -0.05) is 29.8 Å². The van der Waals surface area contributed by atoms with E-state index in [0.29, 0.717) is 24.2 Å². The normalized spacial score (nSPS) is 26.9. The van der Waals surface area contributed by atoms with Gasteiger partial charge in [0.05, 0.1) is 0 Å². The van der Waals surface area contributed by atoms with Crippen LogP contribution in [0, 0.1) is 23.5 Å². The Morgan fingerprint density at radius 2 is 1.85 bits per heavy atom. The van der Waals surface area contributed by atoms with Crippen LogP contribution in [-0.2, 0) is 6.42 Å². The van der Waals surface area contributed by atoms with Gasteiger partial charge in [0.25, 0.3) is 0 Å². The van der Waals surface area contributed by atoms with E-state index in [0.717, 1.165) is 54.3 Å². The minimum atomic E-state index is -0.455. The van der Waals surface area contributed by atoms with Crippen molar-refractivity contribution in [1.82, 2.24) is 0 Å². The summed E-state index contributed by atoms with van der Waals surface area (Å²) in [6.45, 7) is 3.88. The molecule has 2 aromatic carbocycles. The van der Waals surface area contributed by atoms with Gasteiger partial charge < -0.3 is 0 Å². The first kappa shape index (κ1) is 18.7. The highest BCUT2D eigenvalue weighted by atomic mass is 35.5. The molecule has 0 bridgehead atoms. The second kappa shape index (κ2) is 7.75. The van der Waals surface area contributed by atoms with Gasteiger partial charge in [-0.25, -0.2) is 8.78 Å². The molecule has 3 heteroatoms. The molecule has 27 heavy (non-hydrogen) atoms. The minimum Gasteiger partial charge on any atom is -0.207 e. The molecule has 0 aromatic heterocycles. The highest BCUT2D eigenvalue weighted by Crippen LogP contribution is 2.55. The first-order chi connectivity index (χ1) is 13.1. The zero-order valence-electron chi connectivity index (χ0n) is 15.4. The first-order valence-electron chi connectivity index (χ1n) is 9.92. The fourth-order valence-corrected chi connectivity index (χ4v) is 5.67. The van der Waals surface area contributed by atoms with Crippen LogP contribution in [0.15, 0.2) is 49.1 Å². The van der Waals surface area contributed by atoms with Crippen LogP contribution in [0.4, 0.5) is 8.78 Å². The first-order valence-corrected chi connectivity index (χ1v) is 10.3. The van der Waals surface area contributed by atoms with E-state index in [9.17, 15) is 8.78 Å². The smallest absolute Gasteiger partial charge is 0.129 e. The van der Waals surface area contributed by atoms with Gasteiger partial charge in [-0.2, -0.15) is 0 Å². The van der Waals surface area contributed by atoms with Crippen LogP contribution in [-0.4, -0.2) is 0 Å². The predicted molar refractivity (Wildman–Crippen MR) is 107 cm³/mol. The zero-order chi connectivity index (χ0) is 19.0. The van der Waals surface area contributed by atoms with Gasteiger partial charge in [-0.05, 0) is 97.1 Å². The van der Waals surface area contributed by atoms with E-state index in [1.807, 2.05) is 18.2 Å². The van der Waals surface area contributed by atoms with Gasteiger partial charge >= 0.3 is 0 Å². The van der Waals surface area contributed by atoms with E-state index in [4.69, 9.17) is 11.6 Å². The van der Waals surface area contributed by atoms with Gasteiger partial charge in [0.15, 0.2) is 0 Å².